The first-order valence-corrected chi connectivity index (χ1v) is 7.49. The van der Waals surface area contributed by atoms with Crippen molar-refractivity contribution < 1.29 is 5.11 Å². The quantitative estimate of drug-likeness (QED) is 0.279. The lowest BCUT2D eigenvalue weighted by atomic mass is 10.2. The van der Waals surface area contributed by atoms with Gasteiger partial charge in [-0.15, -0.1) is 0 Å². The van der Waals surface area contributed by atoms with Gasteiger partial charge in [0, 0.05) is 12.7 Å². The summed E-state index contributed by atoms with van der Waals surface area (Å²) in [7, 11) is 0. The van der Waals surface area contributed by atoms with E-state index in [0.29, 0.717) is 5.75 Å². The Bertz CT molecular complexity index is 344. The first kappa shape index (κ1) is 12.7. The summed E-state index contributed by atoms with van der Waals surface area (Å²) in [6.45, 7) is 3.74. The van der Waals surface area contributed by atoms with Crippen LogP contribution >= 0.6 is 90.4 Å². The van der Waals surface area contributed by atoms with Crippen LogP contribution in [0.4, 0.5) is 0 Å². The summed E-state index contributed by atoms with van der Waals surface area (Å²) in [6, 6.07) is 0. The first-order chi connectivity index (χ1) is 6.00. The molecule has 1 nitrogen and oxygen atoms in total. The smallest absolute Gasteiger partial charge is 0.143 e. The third kappa shape index (κ3) is 2.44. The fourth-order valence-electron chi connectivity index (χ4n) is 0.818. The van der Waals surface area contributed by atoms with Crippen LogP contribution in [0.25, 0.3) is 6.08 Å². The number of hydrogen-bond donors (Lipinski definition) is 1. The van der Waals surface area contributed by atoms with Gasteiger partial charge in [-0.05, 0) is 90.4 Å². The Hall–Kier alpha value is 1.68. The van der Waals surface area contributed by atoms with Crippen LogP contribution in [0.3, 0.4) is 0 Å². The third-order valence-corrected chi connectivity index (χ3v) is 7.88. The van der Waals surface area contributed by atoms with Crippen LogP contribution in [-0.2, 0) is 0 Å². The molecule has 1 rings (SSSR count). The molecule has 1 aromatic carbocycles. The summed E-state index contributed by atoms with van der Waals surface area (Å²) < 4.78 is 4.03. The molecule has 0 fully saturated rings. The van der Waals surface area contributed by atoms with E-state index in [9.17, 15) is 5.11 Å². The molecule has 0 radical (unpaired) electrons. The van der Waals surface area contributed by atoms with Gasteiger partial charge in [-0.1, -0.05) is 12.7 Å². The van der Waals surface area contributed by atoms with Gasteiger partial charge in [-0.3, -0.25) is 0 Å². The molecule has 0 saturated carbocycles. The first-order valence-electron chi connectivity index (χ1n) is 3.18. The minimum absolute atomic E-state index is 0.362. The van der Waals surface area contributed by atoms with Crippen molar-refractivity contribution in [2.45, 2.75) is 0 Å². The van der Waals surface area contributed by atoms with Crippen molar-refractivity contribution in [3.8, 4) is 5.75 Å². The number of aromatic hydroxyl groups is 1. The maximum Gasteiger partial charge on any atom is 0.143 e. The van der Waals surface area contributed by atoms with Crippen LogP contribution in [0.2, 0.25) is 0 Å². The van der Waals surface area contributed by atoms with Crippen molar-refractivity contribution in [1.82, 2.24) is 0 Å². The summed E-state index contributed by atoms with van der Waals surface area (Å²) in [5.74, 6) is 0.362. The van der Waals surface area contributed by atoms with Crippen molar-refractivity contribution in [3.63, 3.8) is 0 Å². The molecule has 0 aliphatic heterocycles. The van der Waals surface area contributed by atoms with Gasteiger partial charge in [-0.2, -0.15) is 0 Å². The molecule has 0 aromatic heterocycles. The third-order valence-electron chi connectivity index (χ3n) is 1.48. The number of phenols is 1. The van der Waals surface area contributed by atoms with Gasteiger partial charge in [0.15, 0.2) is 0 Å². The zero-order chi connectivity index (χ0) is 10.2. The van der Waals surface area contributed by atoms with Gasteiger partial charge in [0.05, 0.1) is 7.14 Å². The van der Waals surface area contributed by atoms with Crippen molar-refractivity contribution in [1.29, 1.82) is 0 Å². The molecule has 0 unspecified atom stereocenters. The minimum atomic E-state index is 0.362. The standard InChI is InChI=1S/C8H4I4O/c1-2-3-4(9)6(11)7(12)8(13)5(3)10/h2,13H,1H2. The van der Waals surface area contributed by atoms with E-state index in [1.807, 2.05) is 0 Å². The Morgan fingerprint density at radius 2 is 1.46 bits per heavy atom. The summed E-state index contributed by atoms with van der Waals surface area (Å²) in [5.41, 5.74) is 1.02. The molecule has 0 aliphatic rings. The average Bonchev–Trinajstić information content (AvgIpc) is 2.13. The maximum absolute atomic E-state index is 9.75. The van der Waals surface area contributed by atoms with E-state index in [1.54, 1.807) is 6.08 Å². The Labute approximate surface area is 131 Å². The highest BCUT2D eigenvalue weighted by Gasteiger charge is 2.15. The van der Waals surface area contributed by atoms with Gasteiger partial charge in [0.25, 0.3) is 0 Å². The Morgan fingerprint density at radius 3 is 1.92 bits per heavy atom. The molecule has 5 heteroatoms. The second-order valence-electron chi connectivity index (χ2n) is 2.22. The molecule has 0 atom stereocenters. The number of rotatable bonds is 1. The lowest BCUT2D eigenvalue weighted by Crippen LogP contribution is -1.95. The van der Waals surface area contributed by atoms with Crippen LogP contribution < -0.4 is 0 Å². The highest BCUT2D eigenvalue weighted by molar-refractivity contribution is 14.1. The molecule has 1 aromatic rings. The SMILES string of the molecule is C=Cc1c(I)c(O)c(I)c(I)c1I. The zero-order valence-electron chi connectivity index (χ0n) is 6.24. The van der Waals surface area contributed by atoms with Crippen molar-refractivity contribution in [2.24, 2.45) is 0 Å². The fourth-order valence-corrected chi connectivity index (χ4v) is 4.97. The van der Waals surface area contributed by atoms with Gasteiger partial charge in [0.1, 0.15) is 5.75 Å². The van der Waals surface area contributed by atoms with Crippen LogP contribution in [0.5, 0.6) is 5.75 Å². The molecule has 13 heavy (non-hydrogen) atoms. The molecule has 0 saturated heterocycles. The van der Waals surface area contributed by atoms with Gasteiger partial charge in [-0.25, -0.2) is 0 Å². The molecule has 0 heterocycles. The van der Waals surface area contributed by atoms with Crippen LogP contribution in [0.15, 0.2) is 6.58 Å². The summed E-state index contributed by atoms with van der Waals surface area (Å²) >= 11 is 8.80. The van der Waals surface area contributed by atoms with Crippen LogP contribution in [0.1, 0.15) is 5.56 Å². The zero-order valence-corrected chi connectivity index (χ0v) is 14.9. The molecule has 0 amide bonds. The Kier molecular flexibility index (Phi) is 5.04. The molecular weight excluding hydrogens is 620 g/mol. The summed E-state index contributed by atoms with van der Waals surface area (Å²) in [5, 5.41) is 9.75. The van der Waals surface area contributed by atoms with Crippen LogP contribution in [0, 0.1) is 14.3 Å². The van der Waals surface area contributed by atoms with E-state index in [2.05, 4.69) is 96.9 Å². The fraction of sp³-hybridized carbons (Fsp3) is 0. The van der Waals surface area contributed by atoms with Gasteiger partial charge in [0.2, 0.25) is 0 Å². The predicted molar refractivity (Wildman–Crippen MR) is 89.1 cm³/mol. The number of hydrogen-bond acceptors (Lipinski definition) is 1. The second kappa shape index (κ2) is 5.14. The molecule has 0 bridgehead atoms. The van der Waals surface area contributed by atoms with Crippen molar-refractivity contribution in [2.75, 3.05) is 0 Å². The molecular formula is C8H4I4O. The summed E-state index contributed by atoms with van der Waals surface area (Å²) in [4.78, 5) is 0. The van der Waals surface area contributed by atoms with Gasteiger partial charge >= 0.3 is 0 Å². The summed E-state index contributed by atoms with van der Waals surface area (Å²) in [6.07, 6.45) is 1.78. The van der Waals surface area contributed by atoms with Crippen molar-refractivity contribution in [3.05, 3.63) is 26.4 Å². The normalized spacial score (nSPS) is 10.2. The van der Waals surface area contributed by atoms with E-state index in [0.717, 1.165) is 19.8 Å². The number of benzene rings is 1. The Balaban J connectivity index is 3.66. The van der Waals surface area contributed by atoms with Crippen molar-refractivity contribution >= 4 is 96.4 Å². The highest BCUT2D eigenvalue weighted by atomic mass is 127. The maximum atomic E-state index is 9.75. The average molecular weight is 624 g/mol. The molecule has 0 spiro atoms. The monoisotopic (exact) mass is 624 g/mol. The van der Waals surface area contributed by atoms with E-state index < -0.39 is 0 Å². The minimum Gasteiger partial charge on any atom is -0.506 e. The van der Waals surface area contributed by atoms with Crippen LogP contribution in [-0.4, -0.2) is 5.11 Å². The highest BCUT2D eigenvalue weighted by Crippen LogP contribution is 2.37. The second-order valence-corrected chi connectivity index (χ2v) is 6.54. The van der Waals surface area contributed by atoms with Gasteiger partial charge < -0.3 is 5.11 Å². The lowest BCUT2D eigenvalue weighted by Gasteiger charge is -2.09. The van der Waals surface area contributed by atoms with E-state index in [-0.39, 0.29) is 0 Å². The Morgan fingerprint density at radius 1 is 0.923 bits per heavy atom. The van der Waals surface area contributed by atoms with E-state index in [4.69, 9.17) is 0 Å². The predicted octanol–water partition coefficient (Wildman–Crippen LogP) is 4.45. The molecule has 0 aliphatic carbocycles. The topological polar surface area (TPSA) is 20.2 Å². The lowest BCUT2D eigenvalue weighted by molar-refractivity contribution is 0.466. The molecule has 1 N–H and O–H groups in total. The van der Waals surface area contributed by atoms with E-state index in [1.165, 1.54) is 0 Å². The largest absolute Gasteiger partial charge is 0.506 e. The molecule has 70 valence electrons. The van der Waals surface area contributed by atoms with E-state index >= 15 is 0 Å². The number of phenolic OH excluding ortho intramolecular Hbond substituents is 1. The number of halogens is 4.